The van der Waals surface area contributed by atoms with E-state index in [1.54, 1.807) is 36.8 Å². The standard InChI is InChI=1S/C46H55N11O5/c58-41(57-26-24-56(25-27-57)36-13-10-32(11-14-36)43-48-18-6-19-49-43)31-55-23-17-34(30-55)44(59)52-35-12-15-39-38(29-35)42(54-53-39)33-16-22-47-40(28-33)45(60)50-20-7-21-51-46(61)62-37-8-4-2-1-3-5-9-37/h6,10-16,18-19,22,28-29,34,37H,1-5,7-9,17,20-21,23-27,30-31H2,(H,50,60)(H,51,61)(H,52,59)(H,53,54)/t34-/m1/s1. The summed E-state index contributed by atoms with van der Waals surface area (Å²) in [6, 6.07) is 19.1. The largest absolute Gasteiger partial charge is 0.446 e. The number of amides is 4. The van der Waals surface area contributed by atoms with Crippen LogP contribution in [-0.2, 0) is 14.3 Å². The molecule has 1 saturated carbocycles. The highest BCUT2D eigenvalue weighted by Crippen LogP contribution is 2.30. The fourth-order valence-corrected chi connectivity index (χ4v) is 8.52. The summed E-state index contributed by atoms with van der Waals surface area (Å²) in [5, 5.41) is 17.1. The van der Waals surface area contributed by atoms with Crippen LogP contribution in [0, 0.1) is 5.92 Å². The van der Waals surface area contributed by atoms with Crippen LogP contribution in [-0.4, -0.2) is 124 Å². The van der Waals surface area contributed by atoms with Gasteiger partial charge >= 0.3 is 6.09 Å². The second-order valence-corrected chi connectivity index (χ2v) is 16.4. The highest BCUT2D eigenvalue weighted by molar-refractivity contribution is 6.00. The molecule has 4 amide bonds. The highest BCUT2D eigenvalue weighted by Gasteiger charge is 2.31. The van der Waals surface area contributed by atoms with E-state index >= 15 is 0 Å². The summed E-state index contributed by atoms with van der Waals surface area (Å²) >= 11 is 0. The minimum Gasteiger partial charge on any atom is -0.446 e. The number of ether oxygens (including phenoxy) is 1. The average molecular weight is 842 g/mol. The molecule has 16 nitrogen and oxygen atoms in total. The molecule has 1 atom stereocenters. The molecule has 0 radical (unpaired) electrons. The lowest BCUT2D eigenvalue weighted by molar-refractivity contribution is -0.132. The Bertz CT molecular complexity index is 2310. The van der Waals surface area contributed by atoms with Crippen LogP contribution in [0.2, 0.25) is 0 Å². The smallest absolute Gasteiger partial charge is 0.407 e. The minimum atomic E-state index is -0.403. The van der Waals surface area contributed by atoms with Crippen LogP contribution in [0.3, 0.4) is 0 Å². The van der Waals surface area contributed by atoms with Crippen LogP contribution in [0.1, 0.15) is 68.3 Å². The van der Waals surface area contributed by atoms with E-state index < -0.39 is 6.09 Å². The first kappa shape index (κ1) is 42.3. The van der Waals surface area contributed by atoms with E-state index in [0.717, 1.165) is 60.9 Å². The molecule has 3 fully saturated rings. The van der Waals surface area contributed by atoms with Crippen molar-refractivity contribution in [3.63, 3.8) is 0 Å². The number of alkyl carbamates (subject to hydrolysis) is 1. The summed E-state index contributed by atoms with van der Waals surface area (Å²) in [6.45, 7) is 5.01. The Morgan fingerprint density at radius 1 is 0.758 bits per heavy atom. The Hall–Kier alpha value is -6.42. The van der Waals surface area contributed by atoms with Gasteiger partial charge < -0.3 is 30.5 Å². The van der Waals surface area contributed by atoms with Gasteiger partial charge in [-0.05, 0) is 106 Å². The number of pyridine rings is 1. The van der Waals surface area contributed by atoms with Gasteiger partial charge in [0, 0.05) is 92.3 Å². The number of nitrogens with one attached hydrogen (secondary N) is 4. The molecule has 62 heavy (non-hydrogen) atoms. The fourth-order valence-electron chi connectivity index (χ4n) is 8.52. The number of anilines is 2. The number of hydrogen-bond donors (Lipinski definition) is 4. The van der Waals surface area contributed by atoms with E-state index in [1.807, 2.05) is 35.2 Å². The Kier molecular flexibility index (Phi) is 13.9. The molecule has 2 saturated heterocycles. The number of hydrogen-bond acceptors (Lipinski definition) is 11. The monoisotopic (exact) mass is 841 g/mol. The zero-order chi connectivity index (χ0) is 42.7. The first-order chi connectivity index (χ1) is 30.4. The van der Waals surface area contributed by atoms with Gasteiger partial charge in [-0.2, -0.15) is 5.10 Å². The quantitative estimate of drug-likeness (QED) is 0.107. The average Bonchev–Trinajstić information content (AvgIpc) is 3.95. The summed E-state index contributed by atoms with van der Waals surface area (Å²) < 4.78 is 5.61. The molecule has 3 aliphatic rings. The lowest BCUT2D eigenvalue weighted by Crippen LogP contribution is -2.51. The normalized spacial score (nSPS) is 17.6. The lowest BCUT2D eigenvalue weighted by atomic mass is 9.99. The van der Waals surface area contributed by atoms with E-state index in [0.29, 0.717) is 81.4 Å². The number of rotatable bonds is 13. The van der Waals surface area contributed by atoms with Gasteiger partial charge in [-0.15, -0.1) is 0 Å². The summed E-state index contributed by atoms with van der Waals surface area (Å²) in [4.78, 5) is 71.4. The minimum absolute atomic E-state index is 0.0219. The van der Waals surface area contributed by atoms with Gasteiger partial charge in [0.05, 0.1) is 18.0 Å². The van der Waals surface area contributed by atoms with Gasteiger partial charge in [-0.1, -0.05) is 19.3 Å². The SMILES string of the molecule is O=C(NCCCNC(=O)c1cc(-c2n[nH]c3ccc(NC(=O)[C@@H]4CCN(CC(=O)N5CCN(c6ccc(-c7ncccn7)cc6)CC5)C4)cc23)ccn1)OC1CCCCCCC1. The van der Waals surface area contributed by atoms with Crippen LogP contribution in [0.15, 0.2) is 79.3 Å². The summed E-state index contributed by atoms with van der Waals surface area (Å²) in [6.07, 6.45) is 13.5. The van der Waals surface area contributed by atoms with E-state index in [-0.39, 0.29) is 35.4 Å². The molecule has 8 rings (SSSR count). The van der Waals surface area contributed by atoms with Gasteiger partial charge in [0.15, 0.2) is 5.82 Å². The zero-order valence-corrected chi connectivity index (χ0v) is 35.1. The molecule has 5 aromatic rings. The number of carbonyl (C=O) groups is 4. The van der Waals surface area contributed by atoms with Crippen LogP contribution < -0.4 is 20.9 Å². The number of aromatic amines is 1. The van der Waals surface area contributed by atoms with E-state index in [4.69, 9.17) is 4.74 Å². The van der Waals surface area contributed by atoms with Crippen molar-refractivity contribution in [2.75, 3.05) is 69.1 Å². The molecule has 3 aromatic heterocycles. The van der Waals surface area contributed by atoms with Crippen LogP contribution >= 0.6 is 0 Å². The summed E-state index contributed by atoms with van der Waals surface area (Å²) in [7, 11) is 0. The van der Waals surface area contributed by atoms with Crippen LogP contribution in [0.4, 0.5) is 16.2 Å². The van der Waals surface area contributed by atoms with Gasteiger partial charge in [0.25, 0.3) is 5.91 Å². The third-order valence-electron chi connectivity index (χ3n) is 12.0. The third-order valence-corrected chi connectivity index (χ3v) is 12.0. The molecule has 1 aliphatic carbocycles. The van der Waals surface area contributed by atoms with Crippen molar-refractivity contribution < 1.29 is 23.9 Å². The molecule has 5 heterocycles. The molecule has 16 heteroatoms. The maximum atomic E-state index is 13.5. The Labute approximate surface area is 361 Å². The summed E-state index contributed by atoms with van der Waals surface area (Å²) in [5.74, 6) is 0.116. The summed E-state index contributed by atoms with van der Waals surface area (Å²) in [5.41, 5.74) is 5.06. The van der Waals surface area contributed by atoms with Crippen molar-refractivity contribution in [1.82, 2.24) is 45.6 Å². The molecule has 2 aliphatic heterocycles. The maximum Gasteiger partial charge on any atom is 0.407 e. The molecule has 2 aromatic carbocycles. The predicted octanol–water partition coefficient (Wildman–Crippen LogP) is 5.65. The van der Waals surface area contributed by atoms with Crippen LogP contribution in [0.5, 0.6) is 0 Å². The van der Waals surface area contributed by atoms with Gasteiger partial charge in [-0.3, -0.25) is 29.4 Å². The van der Waals surface area contributed by atoms with Crippen molar-refractivity contribution in [1.29, 1.82) is 0 Å². The fraction of sp³-hybridized carbons (Fsp3) is 0.435. The highest BCUT2D eigenvalue weighted by atomic mass is 16.6. The number of benzene rings is 2. The van der Waals surface area contributed by atoms with Crippen molar-refractivity contribution in [3.8, 4) is 22.6 Å². The first-order valence-electron chi connectivity index (χ1n) is 22.0. The molecule has 4 N–H and O–H groups in total. The number of piperazine rings is 1. The van der Waals surface area contributed by atoms with Crippen molar-refractivity contribution >= 4 is 46.1 Å². The Morgan fingerprint density at radius 2 is 1.52 bits per heavy atom. The number of H-pyrrole nitrogens is 1. The van der Waals surface area contributed by atoms with Gasteiger partial charge in [0.1, 0.15) is 17.5 Å². The second-order valence-electron chi connectivity index (χ2n) is 16.4. The van der Waals surface area contributed by atoms with E-state index in [9.17, 15) is 19.2 Å². The third kappa shape index (κ3) is 10.9. The van der Waals surface area contributed by atoms with Crippen molar-refractivity contribution in [2.24, 2.45) is 5.92 Å². The number of likely N-dealkylation sites (tertiary alicyclic amines) is 1. The number of aromatic nitrogens is 5. The molecule has 0 bridgehead atoms. The Morgan fingerprint density at radius 3 is 2.31 bits per heavy atom. The van der Waals surface area contributed by atoms with Crippen molar-refractivity contribution in [2.45, 2.75) is 63.9 Å². The molecular formula is C46H55N11O5. The van der Waals surface area contributed by atoms with Gasteiger partial charge in [0.2, 0.25) is 11.8 Å². The molecule has 0 unspecified atom stereocenters. The maximum absolute atomic E-state index is 13.5. The van der Waals surface area contributed by atoms with E-state index in [2.05, 4.69) is 63.0 Å². The topological polar surface area (TPSA) is 191 Å². The lowest BCUT2D eigenvalue weighted by Gasteiger charge is -2.36. The second kappa shape index (κ2) is 20.4. The van der Waals surface area contributed by atoms with Crippen LogP contribution in [0.25, 0.3) is 33.5 Å². The zero-order valence-electron chi connectivity index (χ0n) is 35.1. The Balaban J connectivity index is 0.775. The van der Waals surface area contributed by atoms with E-state index in [1.165, 1.54) is 19.3 Å². The molecular weight excluding hydrogens is 787 g/mol. The first-order valence-corrected chi connectivity index (χ1v) is 22.0. The van der Waals surface area contributed by atoms with Crippen molar-refractivity contribution in [3.05, 3.63) is 84.9 Å². The predicted molar refractivity (Wildman–Crippen MR) is 236 cm³/mol. The molecule has 0 spiro atoms. The number of nitrogens with zero attached hydrogens (tertiary/aromatic N) is 7. The molecule has 324 valence electrons. The van der Waals surface area contributed by atoms with Gasteiger partial charge in [-0.25, -0.2) is 14.8 Å². The number of carbonyl (C=O) groups excluding carboxylic acids is 4. The number of fused-ring (bicyclic) bond motifs is 1.